The van der Waals surface area contributed by atoms with Crippen molar-refractivity contribution in [2.24, 2.45) is 0 Å². The molecule has 0 fully saturated rings. The molecule has 0 aliphatic heterocycles. The molecule has 0 aromatic carbocycles. The van der Waals surface area contributed by atoms with E-state index in [0.717, 1.165) is 0 Å². The Morgan fingerprint density at radius 1 is 0.833 bits per heavy atom. The SMILES string of the molecule is C.N.N.N.O=C(O)/C=C\C(=O)O. The quantitative estimate of drug-likeness (QED) is 0.393. The second kappa shape index (κ2) is 16.3. The molecule has 0 bridgehead atoms. The van der Waals surface area contributed by atoms with E-state index in [-0.39, 0.29) is 25.9 Å². The average Bonchev–Trinajstić information content (AvgIpc) is 1.61. The number of carboxylic acids is 2. The maximum Gasteiger partial charge on any atom is 0.328 e. The fourth-order valence-corrected chi connectivity index (χ4v) is 0.143. The Morgan fingerprint density at radius 2 is 1.00 bits per heavy atom. The van der Waals surface area contributed by atoms with E-state index in [2.05, 4.69) is 0 Å². The van der Waals surface area contributed by atoms with E-state index in [1.807, 2.05) is 0 Å². The first-order chi connectivity index (χ1) is 3.63. The lowest BCUT2D eigenvalue weighted by molar-refractivity contribution is -0.134. The van der Waals surface area contributed by atoms with Crippen LogP contribution in [0.3, 0.4) is 0 Å². The maximum absolute atomic E-state index is 9.55. The van der Waals surface area contributed by atoms with Gasteiger partial charge in [0.05, 0.1) is 0 Å². The van der Waals surface area contributed by atoms with Gasteiger partial charge in [0.2, 0.25) is 0 Å². The highest BCUT2D eigenvalue weighted by Crippen LogP contribution is 1.70. The smallest absolute Gasteiger partial charge is 0.328 e. The van der Waals surface area contributed by atoms with Gasteiger partial charge in [-0.25, -0.2) is 9.59 Å². The normalized spacial score (nSPS) is 6.33. The van der Waals surface area contributed by atoms with Gasteiger partial charge in [-0.2, -0.15) is 0 Å². The number of aliphatic carboxylic acids is 2. The van der Waals surface area contributed by atoms with Crippen LogP contribution in [0.5, 0.6) is 0 Å². The third-order valence-corrected chi connectivity index (χ3v) is 0.368. The Morgan fingerprint density at radius 3 is 1.08 bits per heavy atom. The van der Waals surface area contributed by atoms with Gasteiger partial charge in [0, 0.05) is 12.2 Å². The summed E-state index contributed by atoms with van der Waals surface area (Å²) in [6.45, 7) is 0. The standard InChI is InChI=1S/C4H4O4.CH4.3H3N/c5-3(6)1-2-4(7)8;;;;/h1-2H,(H,5,6)(H,7,8);1H4;3*1H3/b2-1-;;;;. The number of hydrogen-bond acceptors (Lipinski definition) is 5. The van der Waals surface area contributed by atoms with E-state index in [4.69, 9.17) is 10.2 Å². The summed E-state index contributed by atoms with van der Waals surface area (Å²) in [5.74, 6) is -2.51. The molecule has 76 valence electrons. The summed E-state index contributed by atoms with van der Waals surface area (Å²) in [6, 6.07) is 0. The van der Waals surface area contributed by atoms with Crippen molar-refractivity contribution in [2.45, 2.75) is 7.43 Å². The fraction of sp³-hybridized carbons (Fsp3) is 0.200. The Labute approximate surface area is 70.8 Å². The third-order valence-electron chi connectivity index (χ3n) is 0.368. The molecule has 7 nitrogen and oxygen atoms in total. The second-order valence-electron chi connectivity index (χ2n) is 1.01. The zero-order valence-electron chi connectivity index (χ0n) is 5.99. The summed E-state index contributed by atoms with van der Waals surface area (Å²) in [4.78, 5) is 19.1. The predicted octanol–water partition coefficient (Wildman–Crippen LogP) is 0.834. The molecule has 0 aliphatic rings. The molecule has 0 amide bonds. The highest BCUT2D eigenvalue weighted by Gasteiger charge is 1.88. The Bertz CT molecular complexity index is 130. The molecular formula is C5H17N3O4. The minimum absolute atomic E-state index is 0. The largest absolute Gasteiger partial charge is 0.478 e. The van der Waals surface area contributed by atoms with Crippen LogP contribution in [0, 0.1) is 0 Å². The Balaban J connectivity index is -0.0000000408. The highest BCUT2D eigenvalue weighted by atomic mass is 16.4. The fourth-order valence-electron chi connectivity index (χ4n) is 0.143. The number of carboxylic acid groups (broad SMARTS) is 2. The van der Waals surface area contributed by atoms with Gasteiger partial charge in [-0.05, 0) is 0 Å². The third kappa shape index (κ3) is 38.6. The van der Waals surface area contributed by atoms with Gasteiger partial charge in [0.15, 0.2) is 0 Å². The van der Waals surface area contributed by atoms with E-state index in [1.54, 1.807) is 0 Å². The van der Waals surface area contributed by atoms with Crippen molar-refractivity contribution in [2.75, 3.05) is 0 Å². The van der Waals surface area contributed by atoms with Crippen molar-refractivity contribution in [1.29, 1.82) is 0 Å². The Hall–Kier alpha value is -1.44. The monoisotopic (exact) mass is 183 g/mol. The van der Waals surface area contributed by atoms with Crippen LogP contribution < -0.4 is 18.5 Å². The van der Waals surface area contributed by atoms with Gasteiger partial charge >= 0.3 is 11.9 Å². The summed E-state index contributed by atoms with van der Waals surface area (Å²) in [5.41, 5.74) is 0. The zero-order chi connectivity index (χ0) is 6.57. The summed E-state index contributed by atoms with van der Waals surface area (Å²) in [7, 11) is 0. The first-order valence-corrected chi connectivity index (χ1v) is 1.77. The second-order valence-corrected chi connectivity index (χ2v) is 1.01. The van der Waals surface area contributed by atoms with E-state index in [9.17, 15) is 9.59 Å². The molecule has 0 radical (unpaired) electrons. The average molecular weight is 183 g/mol. The molecule has 0 saturated carbocycles. The van der Waals surface area contributed by atoms with Crippen molar-refractivity contribution < 1.29 is 19.8 Å². The van der Waals surface area contributed by atoms with E-state index in [1.165, 1.54) is 0 Å². The molecular weight excluding hydrogens is 166 g/mol. The lowest BCUT2D eigenvalue weighted by atomic mass is 10.5. The molecule has 0 rings (SSSR count). The van der Waals surface area contributed by atoms with E-state index in [0.29, 0.717) is 12.2 Å². The summed E-state index contributed by atoms with van der Waals surface area (Å²) < 4.78 is 0. The van der Waals surface area contributed by atoms with Crippen molar-refractivity contribution in [3.05, 3.63) is 12.2 Å². The lowest BCUT2D eigenvalue weighted by Crippen LogP contribution is -1.91. The number of hydrogen-bond donors (Lipinski definition) is 5. The van der Waals surface area contributed by atoms with Crippen LogP contribution in [0.2, 0.25) is 0 Å². The van der Waals surface area contributed by atoms with E-state index < -0.39 is 11.9 Å². The molecule has 12 heavy (non-hydrogen) atoms. The summed E-state index contributed by atoms with van der Waals surface area (Å²) in [5, 5.41) is 15.6. The molecule has 0 unspecified atom stereocenters. The molecule has 0 aromatic heterocycles. The van der Waals surface area contributed by atoms with Gasteiger partial charge < -0.3 is 28.7 Å². The van der Waals surface area contributed by atoms with Crippen molar-refractivity contribution >= 4 is 11.9 Å². The molecule has 0 spiro atoms. The minimum atomic E-state index is -1.26. The van der Waals surface area contributed by atoms with Gasteiger partial charge in [-0.1, -0.05) is 7.43 Å². The maximum atomic E-state index is 9.55. The van der Waals surface area contributed by atoms with Crippen LogP contribution in [0.4, 0.5) is 0 Å². The van der Waals surface area contributed by atoms with Crippen molar-refractivity contribution in [1.82, 2.24) is 18.5 Å². The summed E-state index contributed by atoms with van der Waals surface area (Å²) >= 11 is 0. The highest BCUT2D eigenvalue weighted by molar-refractivity contribution is 5.89. The topological polar surface area (TPSA) is 180 Å². The molecule has 0 atom stereocenters. The molecule has 7 heteroatoms. The molecule has 0 heterocycles. The van der Waals surface area contributed by atoms with Crippen LogP contribution in [0.15, 0.2) is 12.2 Å². The molecule has 11 N–H and O–H groups in total. The van der Waals surface area contributed by atoms with Gasteiger partial charge in [-0.3, -0.25) is 0 Å². The lowest BCUT2D eigenvalue weighted by Gasteiger charge is -1.74. The number of rotatable bonds is 2. The van der Waals surface area contributed by atoms with Crippen LogP contribution in [-0.4, -0.2) is 22.2 Å². The Kier molecular flexibility index (Phi) is 42.3. The summed E-state index contributed by atoms with van der Waals surface area (Å²) in [6.07, 6.45) is 1.12. The number of carbonyl (C=O) groups is 2. The van der Waals surface area contributed by atoms with Gasteiger partial charge in [-0.15, -0.1) is 0 Å². The van der Waals surface area contributed by atoms with Gasteiger partial charge in [0.25, 0.3) is 0 Å². The van der Waals surface area contributed by atoms with Crippen molar-refractivity contribution in [3.8, 4) is 0 Å². The first-order valence-electron chi connectivity index (χ1n) is 1.77. The van der Waals surface area contributed by atoms with Crippen LogP contribution >= 0.6 is 0 Å². The van der Waals surface area contributed by atoms with Crippen molar-refractivity contribution in [3.63, 3.8) is 0 Å². The zero-order valence-corrected chi connectivity index (χ0v) is 5.99. The van der Waals surface area contributed by atoms with Gasteiger partial charge in [0.1, 0.15) is 0 Å². The predicted molar refractivity (Wildman–Crippen MR) is 46.2 cm³/mol. The molecule has 0 aliphatic carbocycles. The molecule has 0 saturated heterocycles. The van der Waals surface area contributed by atoms with Crippen LogP contribution in [-0.2, 0) is 9.59 Å². The van der Waals surface area contributed by atoms with E-state index >= 15 is 0 Å². The van der Waals surface area contributed by atoms with Crippen LogP contribution in [0.25, 0.3) is 0 Å². The minimum Gasteiger partial charge on any atom is -0.478 e. The molecule has 0 aromatic rings. The first kappa shape index (κ1) is 31.2. The van der Waals surface area contributed by atoms with Crippen LogP contribution in [0.1, 0.15) is 7.43 Å².